The molecule has 0 aliphatic carbocycles. The minimum atomic E-state index is -4.58. The molecule has 24 heavy (non-hydrogen) atoms. The minimum Gasteiger partial charge on any atom is -0.545 e. The number of hydrogen-bond acceptors (Lipinski definition) is 3. The molecule has 0 amide bonds. The molecule has 122 valence electrons. The van der Waals surface area contributed by atoms with Crippen LogP contribution in [0.1, 0.15) is 15.9 Å². The third kappa shape index (κ3) is 2.64. The second-order valence-corrected chi connectivity index (χ2v) is 5.10. The number of nitrogens with zero attached hydrogens (tertiary/aromatic N) is 1. The SMILES string of the molecule is O=C([O-])c1cn(-c2cccc(C(F)(F)F)c2)c(=O)c2ccccc12. The molecule has 7 heteroatoms. The van der Waals surface area contributed by atoms with Gasteiger partial charge in [0.25, 0.3) is 5.56 Å². The second kappa shape index (κ2) is 5.52. The van der Waals surface area contributed by atoms with Crippen LogP contribution in [-0.2, 0) is 6.18 Å². The van der Waals surface area contributed by atoms with Gasteiger partial charge < -0.3 is 9.90 Å². The van der Waals surface area contributed by atoms with E-state index in [9.17, 15) is 27.9 Å². The van der Waals surface area contributed by atoms with E-state index in [-0.39, 0.29) is 22.0 Å². The van der Waals surface area contributed by atoms with Crippen molar-refractivity contribution < 1.29 is 23.1 Å². The first-order valence-corrected chi connectivity index (χ1v) is 6.82. The fourth-order valence-electron chi connectivity index (χ4n) is 2.48. The number of carbonyl (C=O) groups excluding carboxylic acids is 1. The van der Waals surface area contributed by atoms with Crippen molar-refractivity contribution in [1.29, 1.82) is 0 Å². The third-order valence-electron chi connectivity index (χ3n) is 3.60. The summed E-state index contributed by atoms with van der Waals surface area (Å²) in [5.74, 6) is -1.52. The van der Waals surface area contributed by atoms with E-state index in [1.165, 1.54) is 18.2 Å². The molecule has 0 aliphatic rings. The van der Waals surface area contributed by atoms with Crippen molar-refractivity contribution in [2.75, 3.05) is 0 Å². The summed E-state index contributed by atoms with van der Waals surface area (Å²) in [4.78, 5) is 23.9. The van der Waals surface area contributed by atoms with Crippen LogP contribution in [0.4, 0.5) is 13.2 Å². The number of aromatic nitrogens is 1. The Morgan fingerprint density at radius 3 is 2.29 bits per heavy atom. The van der Waals surface area contributed by atoms with Crippen LogP contribution in [0.2, 0.25) is 0 Å². The van der Waals surface area contributed by atoms with Crippen molar-refractivity contribution in [2.45, 2.75) is 6.18 Å². The number of carboxylic acid groups (broad SMARTS) is 1. The Morgan fingerprint density at radius 2 is 1.67 bits per heavy atom. The van der Waals surface area contributed by atoms with E-state index >= 15 is 0 Å². The Hall–Kier alpha value is -3.09. The minimum absolute atomic E-state index is 0.0802. The largest absolute Gasteiger partial charge is 0.545 e. The Balaban J connectivity index is 2.34. The topological polar surface area (TPSA) is 62.1 Å². The second-order valence-electron chi connectivity index (χ2n) is 5.10. The number of halogens is 3. The molecule has 0 atom stereocenters. The van der Waals surface area contributed by atoms with E-state index in [1.807, 2.05) is 0 Å². The molecule has 0 saturated carbocycles. The number of aromatic carboxylic acids is 1. The summed E-state index contributed by atoms with van der Waals surface area (Å²) in [6.45, 7) is 0. The lowest BCUT2D eigenvalue weighted by Crippen LogP contribution is -2.27. The van der Waals surface area contributed by atoms with Crippen LogP contribution in [0.5, 0.6) is 0 Å². The van der Waals surface area contributed by atoms with E-state index < -0.39 is 23.3 Å². The fourth-order valence-corrected chi connectivity index (χ4v) is 2.48. The van der Waals surface area contributed by atoms with Crippen LogP contribution in [0, 0.1) is 0 Å². The molecular weight excluding hydrogens is 323 g/mol. The standard InChI is InChI=1S/C17H10F3NO3/c18-17(19,20)10-4-3-5-11(8-10)21-9-14(16(23)24)12-6-1-2-7-13(12)15(21)22/h1-9H,(H,23,24)/p-1. The monoisotopic (exact) mass is 332 g/mol. The Morgan fingerprint density at radius 1 is 1.00 bits per heavy atom. The molecule has 0 spiro atoms. The van der Waals surface area contributed by atoms with E-state index in [4.69, 9.17) is 0 Å². The number of alkyl halides is 3. The van der Waals surface area contributed by atoms with Crippen molar-refractivity contribution >= 4 is 16.7 Å². The van der Waals surface area contributed by atoms with Crippen LogP contribution >= 0.6 is 0 Å². The lowest BCUT2D eigenvalue weighted by atomic mass is 10.1. The molecule has 3 aromatic rings. The van der Waals surface area contributed by atoms with Crippen LogP contribution in [-0.4, -0.2) is 10.5 Å². The molecule has 0 unspecified atom stereocenters. The highest BCUT2D eigenvalue weighted by atomic mass is 19.4. The zero-order valence-corrected chi connectivity index (χ0v) is 12.0. The summed E-state index contributed by atoms with van der Waals surface area (Å²) in [6, 6.07) is 10.1. The molecular formula is C17H9F3NO3-. The van der Waals surface area contributed by atoms with E-state index in [0.29, 0.717) is 0 Å². The number of fused-ring (bicyclic) bond motifs is 1. The number of hydrogen-bond donors (Lipinski definition) is 0. The molecule has 0 fully saturated rings. The van der Waals surface area contributed by atoms with Crippen molar-refractivity contribution in [1.82, 2.24) is 4.57 Å². The molecule has 0 bridgehead atoms. The molecule has 0 N–H and O–H groups in total. The van der Waals surface area contributed by atoms with Gasteiger partial charge in [0, 0.05) is 22.8 Å². The van der Waals surface area contributed by atoms with Gasteiger partial charge in [0.15, 0.2) is 0 Å². The molecule has 1 aromatic heterocycles. The average molecular weight is 332 g/mol. The summed E-state index contributed by atoms with van der Waals surface area (Å²) in [5.41, 5.74) is -1.91. The first-order chi connectivity index (χ1) is 11.3. The van der Waals surface area contributed by atoms with Crippen LogP contribution in [0.25, 0.3) is 16.5 Å². The number of pyridine rings is 1. The van der Waals surface area contributed by atoms with Gasteiger partial charge in [-0.25, -0.2) is 0 Å². The molecule has 2 aromatic carbocycles. The van der Waals surface area contributed by atoms with Gasteiger partial charge in [-0.1, -0.05) is 24.3 Å². The van der Waals surface area contributed by atoms with E-state index in [2.05, 4.69) is 0 Å². The summed E-state index contributed by atoms with van der Waals surface area (Å²) in [5, 5.41) is 11.6. The smallest absolute Gasteiger partial charge is 0.416 e. The lowest BCUT2D eigenvalue weighted by Gasteiger charge is -2.14. The normalized spacial score (nSPS) is 11.6. The molecule has 1 heterocycles. The molecule has 0 saturated heterocycles. The average Bonchev–Trinajstić information content (AvgIpc) is 2.54. The van der Waals surface area contributed by atoms with Gasteiger partial charge in [-0.2, -0.15) is 13.2 Å². The van der Waals surface area contributed by atoms with Gasteiger partial charge in [0.05, 0.1) is 11.5 Å². The number of carboxylic acids is 1. The van der Waals surface area contributed by atoms with Crippen LogP contribution < -0.4 is 10.7 Å². The summed E-state index contributed by atoms with van der Waals surface area (Å²) >= 11 is 0. The predicted molar refractivity (Wildman–Crippen MR) is 78.9 cm³/mol. The Kier molecular flexibility index (Phi) is 3.63. The van der Waals surface area contributed by atoms with Crippen molar-refractivity contribution in [3.8, 4) is 5.69 Å². The maximum absolute atomic E-state index is 12.9. The molecule has 0 radical (unpaired) electrons. The predicted octanol–water partition coefficient (Wildman–Crippen LogP) is 2.37. The molecule has 0 aliphatic heterocycles. The maximum atomic E-state index is 12.9. The lowest BCUT2D eigenvalue weighted by molar-refractivity contribution is -0.254. The maximum Gasteiger partial charge on any atom is 0.416 e. The summed E-state index contributed by atoms with van der Waals surface area (Å²) < 4.78 is 39.4. The van der Waals surface area contributed by atoms with Crippen LogP contribution in [0.15, 0.2) is 59.5 Å². The highest BCUT2D eigenvalue weighted by Gasteiger charge is 2.30. The van der Waals surface area contributed by atoms with E-state index in [0.717, 1.165) is 29.0 Å². The van der Waals surface area contributed by atoms with Crippen molar-refractivity contribution in [2.24, 2.45) is 0 Å². The Labute approximate surface area is 133 Å². The van der Waals surface area contributed by atoms with E-state index in [1.54, 1.807) is 12.1 Å². The van der Waals surface area contributed by atoms with Crippen molar-refractivity contribution in [3.63, 3.8) is 0 Å². The number of rotatable bonds is 2. The summed E-state index contributed by atoms with van der Waals surface area (Å²) in [7, 11) is 0. The highest BCUT2D eigenvalue weighted by Crippen LogP contribution is 2.30. The number of carbonyl (C=O) groups is 1. The van der Waals surface area contributed by atoms with Gasteiger partial charge in [-0.3, -0.25) is 9.36 Å². The van der Waals surface area contributed by atoms with Gasteiger partial charge in [0.1, 0.15) is 0 Å². The van der Waals surface area contributed by atoms with Gasteiger partial charge in [-0.05, 0) is 29.7 Å². The van der Waals surface area contributed by atoms with Crippen LogP contribution in [0.3, 0.4) is 0 Å². The van der Waals surface area contributed by atoms with Gasteiger partial charge in [-0.15, -0.1) is 0 Å². The first-order valence-electron chi connectivity index (χ1n) is 6.82. The zero-order chi connectivity index (χ0) is 17.5. The first kappa shape index (κ1) is 15.8. The zero-order valence-electron chi connectivity index (χ0n) is 12.0. The summed E-state index contributed by atoms with van der Waals surface area (Å²) in [6.07, 6.45) is -3.59. The quantitative estimate of drug-likeness (QED) is 0.724. The molecule has 3 rings (SSSR count). The highest BCUT2D eigenvalue weighted by molar-refractivity contribution is 6.02. The number of benzene rings is 2. The van der Waals surface area contributed by atoms with Gasteiger partial charge in [0.2, 0.25) is 0 Å². The van der Waals surface area contributed by atoms with Crippen molar-refractivity contribution in [3.05, 3.63) is 76.2 Å². The fraction of sp³-hybridized carbons (Fsp3) is 0.0588. The Bertz CT molecular complexity index is 1010. The molecule has 4 nitrogen and oxygen atoms in total. The third-order valence-corrected chi connectivity index (χ3v) is 3.60. The van der Waals surface area contributed by atoms with Gasteiger partial charge >= 0.3 is 6.18 Å².